The van der Waals surface area contributed by atoms with Crippen LogP contribution in [0.2, 0.25) is 5.02 Å². The summed E-state index contributed by atoms with van der Waals surface area (Å²) < 4.78 is 5.99. The number of aliphatic hydroxyl groups is 4. The molecular weight excluding hydrogens is 426 g/mol. The van der Waals surface area contributed by atoms with E-state index in [1.165, 1.54) is 0 Å². The normalized spacial score (nSPS) is 30.8. The lowest BCUT2D eigenvalue weighted by atomic mass is 9.91. The first-order valence-electron chi connectivity index (χ1n) is 9.78. The van der Waals surface area contributed by atoms with E-state index >= 15 is 0 Å². The first-order valence-corrected chi connectivity index (χ1v) is 11.0. The van der Waals surface area contributed by atoms with E-state index in [1.807, 2.05) is 36.4 Å². The predicted molar refractivity (Wildman–Crippen MR) is 116 cm³/mol. The van der Waals surface area contributed by atoms with Gasteiger partial charge in [0, 0.05) is 28.2 Å². The monoisotopic (exact) mass is 447 g/mol. The molecule has 1 saturated heterocycles. The number of halogens is 1. The minimum Gasteiger partial charge on any atom is -0.395 e. The first kappa shape index (κ1) is 20.3. The molecular formula is C22H22ClNO5S. The number of benzene rings is 2. The van der Waals surface area contributed by atoms with E-state index in [1.54, 1.807) is 0 Å². The molecule has 0 bridgehead atoms. The molecule has 1 spiro atoms. The van der Waals surface area contributed by atoms with E-state index < -0.39 is 28.5 Å². The minimum absolute atomic E-state index is 0.229. The molecule has 0 saturated carbocycles. The Morgan fingerprint density at radius 3 is 2.70 bits per heavy atom. The molecule has 1 aromatic heterocycles. The van der Waals surface area contributed by atoms with E-state index in [4.69, 9.17) is 16.3 Å². The van der Waals surface area contributed by atoms with Crippen LogP contribution in [0.4, 0.5) is 0 Å². The van der Waals surface area contributed by atoms with Gasteiger partial charge in [0.25, 0.3) is 0 Å². The van der Waals surface area contributed by atoms with Crippen molar-refractivity contribution in [2.24, 2.45) is 0 Å². The molecule has 0 amide bonds. The van der Waals surface area contributed by atoms with Crippen LogP contribution in [-0.4, -0.2) is 55.6 Å². The average Bonchev–Trinajstić information content (AvgIpc) is 3.31. The molecule has 0 unspecified atom stereocenters. The molecule has 1 fully saturated rings. The highest BCUT2D eigenvalue weighted by Crippen LogP contribution is 2.54. The Balaban J connectivity index is 1.54. The molecule has 5 rings (SSSR count). The van der Waals surface area contributed by atoms with Gasteiger partial charge in [-0.1, -0.05) is 29.8 Å². The molecule has 0 aliphatic carbocycles. The van der Waals surface area contributed by atoms with Crippen molar-refractivity contribution in [2.75, 3.05) is 6.61 Å². The number of fused-ring (bicyclic) bond motifs is 3. The molecule has 2 aromatic carbocycles. The quantitative estimate of drug-likeness (QED) is 0.422. The minimum atomic E-state index is -1.43. The third kappa shape index (κ3) is 3.08. The van der Waals surface area contributed by atoms with Crippen LogP contribution in [0.5, 0.6) is 0 Å². The predicted octanol–water partition coefficient (Wildman–Crippen LogP) is 2.29. The lowest BCUT2D eigenvalue weighted by molar-refractivity contribution is -0.147. The van der Waals surface area contributed by atoms with Crippen molar-refractivity contribution in [3.63, 3.8) is 0 Å². The van der Waals surface area contributed by atoms with E-state index in [-0.39, 0.29) is 13.2 Å². The molecule has 2 aliphatic rings. The van der Waals surface area contributed by atoms with Crippen molar-refractivity contribution < 1.29 is 25.2 Å². The van der Waals surface area contributed by atoms with Gasteiger partial charge in [0.2, 0.25) is 0 Å². The van der Waals surface area contributed by atoms with Crippen molar-refractivity contribution in [1.82, 2.24) is 4.98 Å². The highest BCUT2D eigenvalue weighted by atomic mass is 35.5. The number of aromatic amines is 1. The second-order valence-electron chi connectivity index (χ2n) is 7.88. The highest BCUT2D eigenvalue weighted by Gasteiger charge is 2.57. The highest BCUT2D eigenvalue weighted by molar-refractivity contribution is 8.00. The van der Waals surface area contributed by atoms with Crippen LogP contribution in [0.3, 0.4) is 0 Å². The van der Waals surface area contributed by atoms with Gasteiger partial charge in [-0.3, -0.25) is 0 Å². The fraction of sp³-hybridized carbons (Fsp3) is 0.364. The second kappa shape index (κ2) is 7.53. The van der Waals surface area contributed by atoms with Gasteiger partial charge in [-0.15, -0.1) is 11.8 Å². The topological polar surface area (TPSA) is 106 Å². The van der Waals surface area contributed by atoms with Crippen LogP contribution in [0.1, 0.15) is 22.4 Å². The molecule has 6 nitrogen and oxygen atoms in total. The summed E-state index contributed by atoms with van der Waals surface area (Å²) in [5.74, 6) is 0. The zero-order valence-electron chi connectivity index (χ0n) is 16.0. The summed E-state index contributed by atoms with van der Waals surface area (Å²) in [6.07, 6.45) is -3.45. The van der Waals surface area contributed by atoms with Crippen LogP contribution in [0.15, 0.2) is 42.5 Å². The number of thioether (sulfide) groups is 1. The van der Waals surface area contributed by atoms with Gasteiger partial charge in [0.1, 0.15) is 12.2 Å². The van der Waals surface area contributed by atoms with Crippen molar-refractivity contribution in [2.45, 2.75) is 41.5 Å². The summed E-state index contributed by atoms with van der Waals surface area (Å²) in [4.78, 5) is 2.13. The summed E-state index contributed by atoms with van der Waals surface area (Å²) in [5.41, 5.74) is 4.46. The molecule has 5 atom stereocenters. The van der Waals surface area contributed by atoms with E-state index in [2.05, 4.69) is 11.1 Å². The maximum atomic E-state index is 10.8. The van der Waals surface area contributed by atoms with Crippen molar-refractivity contribution in [3.05, 3.63) is 69.9 Å². The number of nitrogens with one attached hydrogen (secondary N) is 1. The Labute approximate surface area is 182 Å². The third-order valence-corrected chi connectivity index (χ3v) is 8.02. The Bertz CT molecular complexity index is 1070. The molecule has 8 heteroatoms. The van der Waals surface area contributed by atoms with Crippen LogP contribution < -0.4 is 0 Å². The molecule has 30 heavy (non-hydrogen) atoms. The van der Waals surface area contributed by atoms with Gasteiger partial charge in [0.15, 0.2) is 4.93 Å². The molecule has 5 N–H and O–H groups in total. The number of ether oxygens (including phenoxy) is 1. The summed E-state index contributed by atoms with van der Waals surface area (Å²) in [7, 11) is 0. The third-order valence-electron chi connectivity index (χ3n) is 6.01. The standard InChI is InChI=1S/C22H22ClNO5S/c23-16-8-13-10-29-22(21(28)20(27)19(26)18(9-25)30-22)15(13)7-12(16)6-14-5-11-3-1-2-4-17(11)24-14/h1-5,7-8,18-21,24-28H,6,9-10H2/t18-,19-,20+,21-,22+/m1/s1. The second-order valence-corrected chi connectivity index (χ2v) is 9.74. The number of H-pyrrole nitrogens is 1. The van der Waals surface area contributed by atoms with Crippen molar-refractivity contribution >= 4 is 34.3 Å². The van der Waals surface area contributed by atoms with E-state index in [9.17, 15) is 20.4 Å². The average molecular weight is 448 g/mol. The Morgan fingerprint density at radius 2 is 1.93 bits per heavy atom. The molecule has 158 valence electrons. The number of aromatic nitrogens is 1. The Kier molecular flexibility index (Phi) is 5.10. The lowest BCUT2D eigenvalue weighted by Gasteiger charge is -2.45. The van der Waals surface area contributed by atoms with Gasteiger partial charge in [-0.05, 0) is 40.8 Å². The van der Waals surface area contributed by atoms with Gasteiger partial charge >= 0.3 is 0 Å². The molecule has 3 heterocycles. The first-order chi connectivity index (χ1) is 14.4. The molecule has 3 aromatic rings. The van der Waals surface area contributed by atoms with Crippen LogP contribution >= 0.6 is 23.4 Å². The zero-order chi connectivity index (χ0) is 21.0. The SMILES string of the molecule is OC[C@H]1S[C@]2(OCc3cc(Cl)c(Cc4cc5ccccc5[nH]4)cc32)[C@H](O)[C@@H](O)[C@@H]1O. The number of hydrogen-bond donors (Lipinski definition) is 5. The largest absolute Gasteiger partial charge is 0.395 e. The maximum absolute atomic E-state index is 10.8. The number of hydrogen-bond acceptors (Lipinski definition) is 6. The number of aliphatic hydroxyl groups excluding tert-OH is 4. The van der Waals surface area contributed by atoms with Gasteiger partial charge < -0.3 is 30.1 Å². The van der Waals surface area contributed by atoms with E-state index in [0.29, 0.717) is 11.4 Å². The van der Waals surface area contributed by atoms with Gasteiger partial charge in [-0.2, -0.15) is 0 Å². The maximum Gasteiger partial charge on any atom is 0.168 e. The van der Waals surface area contributed by atoms with Crippen LogP contribution in [0.25, 0.3) is 10.9 Å². The van der Waals surface area contributed by atoms with Crippen LogP contribution in [0, 0.1) is 0 Å². The van der Waals surface area contributed by atoms with Crippen LogP contribution in [-0.2, 0) is 22.7 Å². The number of rotatable bonds is 3. The summed E-state index contributed by atoms with van der Waals surface area (Å²) in [6, 6.07) is 13.8. The fourth-order valence-electron chi connectivity index (χ4n) is 4.42. The lowest BCUT2D eigenvalue weighted by Crippen LogP contribution is -2.58. The number of para-hydroxylation sites is 1. The molecule has 2 aliphatic heterocycles. The fourth-order valence-corrected chi connectivity index (χ4v) is 6.22. The van der Waals surface area contributed by atoms with Gasteiger partial charge in [0.05, 0.1) is 24.6 Å². The van der Waals surface area contributed by atoms with Gasteiger partial charge in [-0.25, -0.2) is 0 Å². The summed E-state index contributed by atoms with van der Waals surface area (Å²) >= 11 is 7.71. The molecule has 0 radical (unpaired) electrons. The van der Waals surface area contributed by atoms with Crippen molar-refractivity contribution in [3.8, 4) is 0 Å². The van der Waals surface area contributed by atoms with E-state index in [0.717, 1.165) is 45.0 Å². The zero-order valence-corrected chi connectivity index (χ0v) is 17.5. The Hall–Kier alpha value is -1.58. The summed E-state index contributed by atoms with van der Waals surface area (Å²) in [6.45, 7) is -0.113. The Morgan fingerprint density at radius 1 is 1.13 bits per heavy atom. The van der Waals surface area contributed by atoms with Crippen molar-refractivity contribution in [1.29, 1.82) is 0 Å². The smallest absolute Gasteiger partial charge is 0.168 e. The summed E-state index contributed by atoms with van der Waals surface area (Å²) in [5, 5.41) is 42.1.